The van der Waals surface area contributed by atoms with E-state index in [1.54, 1.807) is 0 Å². The van der Waals surface area contributed by atoms with E-state index >= 15 is 0 Å². The molecule has 1 saturated heterocycles. The Kier molecular flexibility index (Phi) is 2.35. The molecular weight excluding hydrogens is 124 g/mol. The lowest BCUT2D eigenvalue weighted by molar-refractivity contribution is -0.0661. The topological polar surface area (TPSA) is 9.23 Å². The van der Waals surface area contributed by atoms with Gasteiger partial charge in [-0.1, -0.05) is 20.8 Å². The Morgan fingerprint density at radius 3 is 2.10 bits per heavy atom. The van der Waals surface area contributed by atoms with Crippen molar-refractivity contribution in [3.05, 3.63) is 0 Å². The SMILES string of the molecule is C[C@H]1[C@H](C)[C@@H](C)CO[C@H]1C. The van der Waals surface area contributed by atoms with E-state index in [2.05, 4.69) is 27.7 Å². The highest BCUT2D eigenvalue weighted by molar-refractivity contribution is 4.77. The molecule has 0 saturated carbocycles. The molecule has 1 heteroatoms. The summed E-state index contributed by atoms with van der Waals surface area (Å²) in [6.07, 6.45) is 0.464. The van der Waals surface area contributed by atoms with Crippen LogP contribution in [-0.4, -0.2) is 12.7 Å². The lowest BCUT2D eigenvalue weighted by Crippen LogP contribution is -2.36. The summed E-state index contributed by atoms with van der Waals surface area (Å²) in [7, 11) is 0. The molecule has 0 aliphatic carbocycles. The predicted molar refractivity (Wildman–Crippen MR) is 42.9 cm³/mol. The molecule has 10 heavy (non-hydrogen) atoms. The van der Waals surface area contributed by atoms with Gasteiger partial charge < -0.3 is 4.74 Å². The molecule has 1 aliphatic rings. The first-order valence-electron chi connectivity index (χ1n) is 4.24. The second kappa shape index (κ2) is 2.91. The van der Waals surface area contributed by atoms with Crippen molar-refractivity contribution in [3.8, 4) is 0 Å². The first kappa shape index (κ1) is 8.06. The minimum atomic E-state index is 0.464. The molecular formula is C9H18O. The smallest absolute Gasteiger partial charge is 0.0575 e. The summed E-state index contributed by atoms with van der Waals surface area (Å²) >= 11 is 0. The molecule has 0 radical (unpaired) electrons. The van der Waals surface area contributed by atoms with Crippen LogP contribution in [0.15, 0.2) is 0 Å². The first-order chi connectivity index (χ1) is 4.63. The molecule has 1 fully saturated rings. The van der Waals surface area contributed by atoms with Gasteiger partial charge in [0.25, 0.3) is 0 Å². The number of rotatable bonds is 0. The van der Waals surface area contributed by atoms with Crippen LogP contribution in [0.25, 0.3) is 0 Å². The van der Waals surface area contributed by atoms with E-state index in [1.165, 1.54) is 0 Å². The molecule has 1 heterocycles. The standard InChI is InChI=1S/C9H18O/c1-6-5-10-9(4)8(3)7(6)2/h6-9H,5H2,1-4H3/t6-,7+,8-,9-/m0/s1. The van der Waals surface area contributed by atoms with Gasteiger partial charge in [-0.15, -0.1) is 0 Å². The number of hydrogen-bond donors (Lipinski definition) is 0. The van der Waals surface area contributed by atoms with Crippen molar-refractivity contribution in [2.24, 2.45) is 17.8 Å². The first-order valence-corrected chi connectivity index (χ1v) is 4.24. The lowest BCUT2D eigenvalue weighted by atomic mass is 9.80. The molecule has 0 bridgehead atoms. The largest absolute Gasteiger partial charge is 0.378 e. The Labute approximate surface area is 63.8 Å². The van der Waals surface area contributed by atoms with Gasteiger partial charge in [-0.3, -0.25) is 0 Å². The minimum absolute atomic E-state index is 0.464. The van der Waals surface area contributed by atoms with Gasteiger partial charge in [0, 0.05) is 6.61 Å². The van der Waals surface area contributed by atoms with Crippen LogP contribution < -0.4 is 0 Å². The third-order valence-corrected chi connectivity index (χ3v) is 3.09. The van der Waals surface area contributed by atoms with Crippen molar-refractivity contribution in [2.45, 2.75) is 33.8 Å². The predicted octanol–water partition coefficient (Wildman–Crippen LogP) is 2.31. The highest BCUT2D eigenvalue weighted by Gasteiger charge is 2.29. The summed E-state index contributed by atoms with van der Waals surface area (Å²) < 4.78 is 5.57. The van der Waals surface area contributed by atoms with E-state index in [-0.39, 0.29) is 0 Å². The Morgan fingerprint density at radius 1 is 1.00 bits per heavy atom. The number of ether oxygens (including phenoxy) is 1. The molecule has 1 aliphatic heterocycles. The fourth-order valence-electron chi connectivity index (χ4n) is 1.55. The van der Waals surface area contributed by atoms with E-state index < -0.39 is 0 Å². The second-order valence-corrected chi connectivity index (χ2v) is 3.73. The van der Waals surface area contributed by atoms with E-state index in [9.17, 15) is 0 Å². The third kappa shape index (κ3) is 1.34. The molecule has 0 amide bonds. The van der Waals surface area contributed by atoms with Crippen LogP contribution in [0.1, 0.15) is 27.7 Å². The zero-order valence-electron chi connectivity index (χ0n) is 7.42. The van der Waals surface area contributed by atoms with Gasteiger partial charge in [-0.05, 0) is 24.7 Å². The highest BCUT2D eigenvalue weighted by Crippen LogP contribution is 2.29. The van der Waals surface area contributed by atoms with Crippen LogP contribution in [0.2, 0.25) is 0 Å². The summed E-state index contributed by atoms with van der Waals surface area (Å²) in [5.74, 6) is 2.29. The van der Waals surface area contributed by atoms with Crippen molar-refractivity contribution in [2.75, 3.05) is 6.61 Å². The zero-order valence-corrected chi connectivity index (χ0v) is 7.42. The van der Waals surface area contributed by atoms with Gasteiger partial charge in [-0.25, -0.2) is 0 Å². The van der Waals surface area contributed by atoms with Crippen LogP contribution >= 0.6 is 0 Å². The molecule has 0 aromatic heterocycles. The summed E-state index contributed by atoms with van der Waals surface area (Å²) in [5, 5.41) is 0. The molecule has 0 spiro atoms. The quantitative estimate of drug-likeness (QED) is 0.504. The van der Waals surface area contributed by atoms with Gasteiger partial charge in [-0.2, -0.15) is 0 Å². The highest BCUT2D eigenvalue weighted by atomic mass is 16.5. The van der Waals surface area contributed by atoms with Crippen molar-refractivity contribution in [1.29, 1.82) is 0 Å². The average molecular weight is 142 g/mol. The van der Waals surface area contributed by atoms with Crippen LogP contribution in [0, 0.1) is 17.8 Å². The lowest BCUT2D eigenvalue weighted by Gasteiger charge is -2.36. The fraction of sp³-hybridized carbons (Fsp3) is 1.00. The minimum Gasteiger partial charge on any atom is -0.378 e. The summed E-state index contributed by atoms with van der Waals surface area (Å²) in [6.45, 7) is 10.0. The average Bonchev–Trinajstić information content (AvgIpc) is 1.93. The third-order valence-electron chi connectivity index (χ3n) is 3.09. The van der Waals surface area contributed by atoms with Crippen LogP contribution in [0.3, 0.4) is 0 Å². The Hall–Kier alpha value is -0.0400. The summed E-state index contributed by atoms with van der Waals surface area (Å²) in [4.78, 5) is 0. The van der Waals surface area contributed by atoms with Crippen molar-refractivity contribution >= 4 is 0 Å². The molecule has 1 nitrogen and oxygen atoms in total. The molecule has 0 N–H and O–H groups in total. The van der Waals surface area contributed by atoms with Gasteiger partial charge >= 0.3 is 0 Å². The van der Waals surface area contributed by atoms with E-state index in [0.29, 0.717) is 6.10 Å². The van der Waals surface area contributed by atoms with Crippen molar-refractivity contribution in [3.63, 3.8) is 0 Å². The van der Waals surface area contributed by atoms with Gasteiger partial charge in [0.15, 0.2) is 0 Å². The molecule has 0 unspecified atom stereocenters. The maximum Gasteiger partial charge on any atom is 0.0575 e. The van der Waals surface area contributed by atoms with Crippen molar-refractivity contribution in [1.82, 2.24) is 0 Å². The van der Waals surface area contributed by atoms with Crippen LogP contribution in [-0.2, 0) is 4.74 Å². The van der Waals surface area contributed by atoms with Crippen LogP contribution in [0.5, 0.6) is 0 Å². The maximum absolute atomic E-state index is 5.57. The molecule has 1 rings (SSSR count). The van der Waals surface area contributed by atoms with Gasteiger partial charge in [0.2, 0.25) is 0 Å². The van der Waals surface area contributed by atoms with Gasteiger partial charge in [0.05, 0.1) is 6.10 Å². The van der Waals surface area contributed by atoms with E-state index in [1.807, 2.05) is 0 Å². The summed E-state index contributed by atoms with van der Waals surface area (Å²) in [5.41, 5.74) is 0. The van der Waals surface area contributed by atoms with E-state index in [0.717, 1.165) is 24.4 Å². The Bertz CT molecular complexity index is 97.3. The molecule has 4 atom stereocenters. The van der Waals surface area contributed by atoms with Gasteiger partial charge in [0.1, 0.15) is 0 Å². The monoisotopic (exact) mass is 142 g/mol. The van der Waals surface area contributed by atoms with E-state index in [4.69, 9.17) is 4.74 Å². The fourth-order valence-corrected chi connectivity index (χ4v) is 1.55. The number of hydrogen-bond acceptors (Lipinski definition) is 1. The molecule has 0 aromatic carbocycles. The zero-order chi connectivity index (χ0) is 7.72. The Balaban J connectivity index is 2.52. The molecule has 0 aromatic rings. The second-order valence-electron chi connectivity index (χ2n) is 3.73. The molecule has 60 valence electrons. The maximum atomic E-state index is 5.57. The Morgan fingerprint density at radius 2 is 1.60 bits per heavy atom. The normalized spacial score (nSPS) is 49.2. The van der Waals surface area contributed by atoms with Crippen molar-refractivity contribution < 1.29 is 4.74 Å². The van der Waals surface area contributed by atoms with Crippen LogP contribution in [0.4, 0.5) is 0 Å². The summed E-state index contributed by atoms with van der Waals surface area (Å²) in [6, 6.07) is 0.